The van der Waals surface area contributed by atoms with E-state index in [4.69, 9.17) is 9.52 Å². The zero-order valence-corrected chi connectivity index (χ0v) is 10.7. The number of benzene rings is 1. The van der Waals surface area contributed by atoms with E-state index in [1.807, 2.05) is 13.0 Å². The standard InChI is InChI=1S/C14H16N2O3/c1-2-11-8-16-13(19-11)9-15-7-10-5-3-4-6-12(10)14(17)18/h3-6,8,15H,2,7,9H2,1H3,(H,17,18). The summed E-state index contributed by atoms with van der Waals surface area (Å²) in [6.07, 6.45) is 2.52. The van der Waals surface area contributed by atoms with Crippen LogP contribution in [0.2, 0.25) is 0 Å². The fourth-order valence-corrected chi connectivity index (χ4v) is 1.78. The smallest absolute Gasteiger partial charge is 0.336 e. The summed E-state index contributed by atoms with van der Waals surface area (Å²) in [5.74, 6) is 0.550. The second kappa shape index (κ2) is 6.15. The van der Waals surface area contributed by atoms with E-state index in [-0.39, 0.29) is 0 Å². The summed E-state index contributed by atoms with van der Waals surface area (Å²) in [7, 11) is 0. The number of hydrogen-bond acceptors (Lipinski definition) is 4. The number of carbonyl (C=O) groups is 1. The number of nitrogens with zero attached hydrogens (tertiary/aromatic N) is 1. The normalized spacial score (nSPS) is 10.6. The minimum absolute atomic E-state index is 0.316. The van der Waals surface area contributed by atoms with Gasteiger partial charge in [-0.3, -0.25) is 0 Å². The number of rotatable bonds is 6. The van der Waals surface area contributed by atoms with Crippen molar-refractivity contribution in [3.8, 4) is 0 Å². The van der Waals surface area contributed by atoms with Crippen molar-refractivity contribution in [1.82, 2.24) is 10.3 Å². The topological polar surface area (TPSA) is 75.4 Å². The third-order valence-electron chi connectivity index (χ3n) is 2.79. The number of nitrogens with one attached hydrogen (secondary N) is 1. The predicted molar refractivity (Wildman–Crippen MR) is 69.8 cm³/mol. The van der Waals surface area contributed by atoms with Crippen LogP contribution in [0.3, 0.4) is 0 Å². The Hall–Kier alpha value is -2.14. The van der Waals surface area contributed by atoms with Crippen molar-refractivity contribution in [2.75, 3.05) is 0 Å². The van der Waals surface area contributed by atoms with Gasteiger partial charge in [-0.1, -0.05) is 25.1 Å². The van der Waals surface area contributed by atoms with Gasteiger partial charge in [-0.2, -0.15) is 0 Å². The van der Waals surface area contributed by atoms with Crippen LogP contribution in [0.1, 0.15) is 34.5 Å². The molecule has 0 unspecified atom stereocenters. The molecule has 0 saturated heterocycles. The minimum Gasteiger partial charge on any atom is -0.478 e. The molecule has 2 N–H and O–H groups in total. The molecule has 0 radical (unpaired) electrons. The Balaban J connectivity index is 1.94. The lowest BCUT2D eigenvalue weighted by molar-refractivity contribution is 0.0695. The molecule has 1 heterocycles. The van der Waals surface area contributed by atoms with Crippen molar-refractivity contribution in [3.05, 3.63) is 53.2 Å². The number of oxazole rings is 1. The van der Waals surface area contributed by atoms with Gasteiger partial charge in [0.1, 0.15) is 5.76 Å². The highest BCUT2D eigenvalue weighted by molar-refractivity contribution is 5.89. The molecule has 100 valence electrons. The maximum atomic E-state index is 11.0. The van der Waals surface area contributed by atoms with Gasteiger partial charge >= 0.3 is 5.97 Å². The van der Waals surface area contributed by atoms with E-state index in [2.05, 4.69) is 10.3 Å². The van der Waals surface area contributed by atoms with E-state index in [1.54, 1.807) is 24.4 Å². The van der Waals surface area contributed by atoms with E-state index >= 15 is 0 Å². The van der Waals surface area contributed by atoms with Gasteiger partial charge in [-0.15, -0.1) is 0 Å². The third-order valence-corrected chi connectivity index (χ3v) is 2.79. The molecule has 0 aliphatic rings. The summed E-state index contributed by atoms with van der Waals surface area (Å²) in [6, 6.07) is 6.93. The lowest BCUT2D eigenvalue weighted by Crippen LogP contribution is -2.15. The Morgan fingerprint density at radius 3 is 2.84 bits per heavy atom. The van der Waals surface area contributed by atoms with Crippen LogP contribution >= 0.6 is 0 Å². The molecule has 0 spiro atoms. The zero-order chi connectivity index (χ0) is 13.7. The average Bonchev–Trinajstić information content (AvgIpc) is 2.87. The number of carboxylic acids is 1. The molecule has 0 aliphatic heterocycles. The Morgan fingerprint density at radius 2 is 2.16 bits per heavy atom. The van der Waals surface area contributed by atoms with E-state index in [0.717, 1.165) is 17.7 Å². The summed E-state index contributed by atoms with van der Waals surface area (Å²) in [6.45, 7) is 2.95. The highest BCUT2D eigenvalue weighted by Crippen LogP contribution is 2.09. The molecule has 19 heavy (non-hydrogen) atoms. The summed E-state index contributed by atoms with van der Waals surface area (Å²) in [5.41, 5.74) is 1.06. The van der Waals surface area contributed by atoms with Gasteiger partial charge in [0.25, 0.3) is 0 Å². The van der Waals surface area contributed by atoms with E-state index in [1.165, 1.54) is 0 Å². The van der Waals surface area contributed by atoms with Crippen molar-refractivity contribution in [1.29, 1.82) is 0 Å². The molecule has 1 aromatic carbocycles. The molecule has 5 nitrogen and oxygen atoms in total. The van der Waals surface area contributed by atoms with Crippen molar-refractivity contribution in [3.63, 3.8) is 0 Å². The molecule has 1 aromatic heterocycles. The first-order valence-corrected chi connectivity index (χ1v) is 6.16. The Labute approximate surface area is 111 Å². The van der Waals surface area contributed by atoms with Gasteiger partial charge in [-0.05, 0) is 11.6 Å². The molecule has 0 bridgehead atoms. The Morgan fingerprint density at radius 1 is 1.37 bits per heavy atom. The van der Waals surface area contributed by atoms with Crippen LogP contribution in [0, 0.1) is 0 Å². The average molecular weight is 260 g/mol. The van der Waals surface area contributed by atoms with Crippen molar-refractivity contribution in [2.45, 2.75) is 26.4 Å². The molecule has 0 saturated carbocycles. The van der Waals surface area contributed by atoms with Crippen LogP contribution in [0.4, 0.5) is 0 Å². The van der Waals surface area contributed by atoms with Crippen LogP contribution in [0.25, 0.3) is 0 Å². The van der Waals surface area contributed by atoms with Crippen LogP contribution in [0.15, 0.2) is 34.9 Å². The third kappa shape index (κ3) is 3.42. The second-order valence-electron chi connectivity index (χ2n) is 4.14. The number of carboxylic acid groups (broad SMARTS) is 1. The first kappa shape index (κ1) is 13.3. The molecule has 0 fully saturated rings. The maximum absolute atomic E-state index is 11.0. The molecule has 0 aliphatic carbocycles. The van der Waals surface area contributed by atoms with Gasteiger partial charge in [0.15, 0.2) is 0 Å². The first-order chi connectivity index (χ1) is 9.20. The van der Waals surface area contributed by atoms with Crippen LogP contribution < -0.4 is 5.32 Å². The number of aryl methyl sites for hydroxylation is 1. The van der Waals surface area contributed by atoms with Gasteiger partial charge in [0.05, 0.1) is 18.3 Å². The van der Waals surface area contributed by atoms with E-state index in [0.29, 0.717) is 24.5 Å². The van der Waals surface area contributed by atoms with Crippen molar-refractivity contribution < 1.29 is 14.3 Å². The molecule has 0 amide bonds. The lowest BCUT2D eigenvalue weighted by Gasteiger charge is -2.06. The SMILES string of the molecule is CCc1cnc(CNCc2ccccc2C(=O)O)o1. The Bertz CT molecular complexity index is 563. The molecular weight excluding hydrogens is 244 g/mol. The fourth-order valence-electron chi connectivity index (χ4n) is 1.78. The lowest BCUT2D eigenvalue weighted by atomic mass is 10.1. The minimum atomic E-state index is -0.915. The highest BCUT2D eigenvalue weighted by atomic mass is 16.4. The summed E-state index contributed by atoms with van der Waals surface area (Å²) < 4.78 is 5.46. The molecule has 2 rings (SSSR count). The molecule has 5 heteroatoms. The van der Waals surface area contributed by atoms with Gasteiger partial charge in [0.2, 0.25) is 5.89 Å². The van der Waals surface area contributed by atoms with E-state index < -0.39 is 5.97 Å². The summed E-state index contributed by atoms with van der Waals surface area (Å²) >= 11 is 0. The second-order valence-corrected chi connectivity index (χ2v) is 4.14. The first-order valence-electron chi connectivity index (χ1n) is 6.16. The van der Waals surface area contributed by atoms with Crippen LogP contribution in [-0.2, 0) is 19.5 Å². The molecular formula is C14H16N2O3. The summed E-state index contributed by atoms with van der Waals surface area (Å²) in [5, 5.41) is 12.2. The molecule has 2 aromatic rings. The van der Waals surface area contributed by atoms with Crippen molar-refractivity contribution in [2.24, 2.45) is 0 Å². The quantitative estimate of drug-likeness (QED) is 0.833. The van der Waals surface area contributed by atoms with Gasteiger partial charge in [-0.25, -0.2) is 9.78 Å². The van der Waals surface area contributed by atoms with Gasteiger partial charge in [0, 0.05) is 13.0 Å². The predicted octanol–water partition coefficient (Wildman–Crippen LogP) is 2.23. The molecule has 0 atom stereocenters. The van der Waals surface area contributed by atoms with Gasteiger partial charge < -0.3 is 14.8 Å². The monoisotopic (exact) mass is 260 g/mol. The fraction of sp³-hybridized carbons (Fsp3) is 0.286. The zero-order valence-electron chi connectivity index (χ0n) is 10.7. The van der Waals surface area contributed by atoms with Crippen molar-refractivity contribution >= 4 is 5.97 Å². The largest absolute Gasteiger partial charge is 0.478 e. The van der Waals surface area contributed by atoms with E-state index in [9.17, 15) is 4.79 Å². The highest BCUT2D eigenvalue weighted by Gasteiger charge is 2.08. The number of aromatic nitrogens is 1. The van der Waals surface area contributed by atoms with Crippen LogP contribution in [-0.4, -0.2) is 16.1 Å². The van der Waals surface area contributed by atoms with Crippen LogP contribution in [0.5, 0.6) is 0 Å². The Kier molecular flexibility index (Phi) is 4.30. The maximum Gasteiger partial charge on any atom is 0.336 e. The number of aromatic carboxylic acids is 1. The summed E-state index contributed by atoms with van der Waals surface area (Å²) in [4.78, 5) is 15.2. The number of hydrogen-bond donors (Lipinski definition) is 2.